The van der Waals surface area contributed by atoms with Crippen molar-refractivity contribution >= 4 is 11.6 Å². The van der Waals surface area contributed by atoms with Gasteiger partial charge in [0.15, 0.2) is 0 Å². The van der Waals surface area contributed by atoms with Gasteiger partial charge in [-0.15, -0.1) is 6.58 Å². The van der Waals surface area contributed by atoms with Gasteiger partial charge in [0.2, 0.25) is 5.91 Å². The number of anilines is 1. The Morgan fingerprint density at radius 3 is 2.75 bits per heavy atom. The summed E-state index contributed by atoms with van der Waals surface area (Å²) in [6, 6.07) is 8.80. The maximum absolute atomic E-state index is 11.7. The molecule has 1 aliphatic rings. The standard InChI is InChI=1S/C17H24N2O/c1-3-4-6-14(2)18-13-15-8-10-16(11-9-15)19-12-5-7-17(19)20/h3,8-11,14,18H,1,4-7,12-13H2,2H3. The first kappa shape index (κ1) is 14.8. The predicted molar refractivity (Wildman–Crippen MR) is 83.8 cm³/mol. The van der Waals surface area contributed by atoms with Gasteiger partial charge < -0.3 is 10.2 Å². The van der Waals surface area contributed by atoms with E-state index in [9.17, 15) is 4.79 Å². The number of amides is 1. The highest BCUT2D eigenvalue weighted by molar-refractivity contribution is 5.95. The SMILES string of the molecule is C=CCCC(C)NCc1ccc(N2CCCC2=O)cc1. The van der Waals surface area contributed by atoms with E-state index in [-0.39, 0.29) is 5.91 Å². The summed E-state index contributed by atoms with van der Waals surface area (Å²) in [7, 11) is 0. The quantitative estimate of drug-likeness (QED) is 0.773. The summed E-state index contributed by atoms with van der Waals surface area (Å²) in [4.78, 5) is 13.6. The Kier molecular flexibility index (Phi) is 5.36. The van der Waals surface area contributed by atoms with E-state index < -0.39 is 0 Å². The summed E-state index contributed by atoms with van der Waals surface area (Å²) >= 11 is 0. The van der Waals surface area contributed by atoms with E-state index in [2.05, 4.69) is 43.1 Å². The summed E-state index contributed by atoms with van der Waals surface area (Å²) in [5.74, 6) is 0.244. The van der Waals surface area contributed by atoms with Crippen molar-refractivity contribution < 1.29 is 4.79 Å². The van der Waals surface area contributed by atoms with E-state index in [4.69, 9.17) is 0 Å². The molecule has 1 atom stereocenters. The highest BCUT2D eigenvalue weighted by Crippen LogP contribution is 2.21. The van der Waals surface area contributed by atoms with Gasteiger partial charge in [-0.3, -0.25) is 4.79 Å². The Morgan fingerprint density at radius 1 is 1.40 bits per heavy atom. The Balaban J connectivity index is 1.85. The topological polar surface area (TPSA) is 32.3 Å². The average molecular weight is 272 g/mol. The maximum Gasteiger partial charge on any atom is 0.227 e. The number of rotatable bonds is 7. The first-order valence-electron chi connectivity index (χ1n) is 7.44. The molecule has 0 aromatic heterocycles. The summed E-state index contributed by atoms with van der Waals surface area (Å²) in [5.41, 5.74) is 2.28. The summed E-state index contributed by atoms with van der Waals surface area (Å²) in [5, 5.41) is 3.50. The molecule has 1 aliphatic heterocycles. The molecule has 3 nitrogen and oxygen atoms in total. The molecule has 1 amide bonds. The first-order valence-corrected chi connectivity index (χ1v) is 7.44. The molecule has 0 radical (unpaired) electrons. The summed E-state index contributed by atoms with van der Waals surface area (Å²) in [6.45, 7) is 7.66. The average Bonchev–Trinajstić information content (AvgIpc) is 2.89. The van der Waals surface area contributed by atoms with Crippen molar-refractivity contribution in [3.8, 4) is 0 Å². The highest BCUT2D eigenvalue weighted by Gasteiger charge is 2.21. The maximum atomic E-state index is 11.7. The third kappa shape index (κ3) is 3.94. The number of benzene rings is 1. The molecule has 108 valence electrons. The van der Waals surface area contributed by atoms with Crippen molar-refractivity contribution in [2.24, 2.45) is 0 Å². The second kappa shape index (κ2) is 7.25. The molecule has 1 saturated heterocycles. The van der Waals surface area contributed by atoms with Crippen LogP contribution < -0.4 is 10.2 Å². The molecule has 3 heteroatoms. The lowest BCUT2D eigenvalue weighted by atomic mass is 10.1. The predicted octanol–water partition coefficient (Wildman–Crippen LogP) is 3.26. The highest BCUT2D eigenvalue weighted by atomic mass is 16.2. The number of allylic oxidation sites excluding steroid dienone is 1. The summed E-state index contributed by atoms with van der Waals surface area (Å²) < 4.78 is 0. The lowest BCUT2D eigenvalue weighted by molar-refractivity contribution is -0.117. The number of carbonyl (C=O) groups is 1. The van der Waals surface area contributed by atoms with Crippen molar-refractivity contribution in [1.29, 1.82) is 0 Å². The lowest BCUT2D eigenvalue weighted by Gasteiger charge is -2.17. The Labute approximate surface area is 121 Å². The fourth-order valence-electron chi connectivity index (χ4n) is 2.48. The van der Waals surface area contributed by atoms with Gasteiger partial charge in [0.25, 0.3) is 0 Å². The van der Waals surface area contributed by atoms with Gasteiger partial charge >= 0.3 is 0 Å². The number of nitrogens with one attached hydrogen (secondary N) is 1. The van der Waals surface area contributed by atoms with Crippen LogP contribution in [0, 0.1) is 0 Å². The van der Waals surface area contributed by atoms with Crippen LogP contribution >= 0.6 is 0 Å². The Morgan fingerprint density at radius 2 is 2.15 bits per heavy atom. The molecule has 1 unspecified atom stereocenters. The van der Waals surface area contributed by atoms with Crippen LogP contribution in [0.3, 0.4) is 0 Å². The van der Waals surface area contributed by atoms with E-state index in [1.807, 2.05) is 11.0 Å². The van der Waals surface area contributed by atoms with Crippen LogP contribution in [0.15, 0.2) is 36.9 Å². The Bertz CT molecular complexity index is 453. The molecule has 20 heavy (non-hydrogen) atoms. The fraction of sp³-hybridized carbons (Fsp3) is 0.471. The van der Waals surface area contributed by atoms with Crippen LogP contribution in [-0.2, 0) is 11.3 Å². The molecule has 2 rings (SSSR count). The van der Waals surface area contributed by atoms with Gasteiger partial charge in [-0.05, 0) is 43.9 Å². The number of nitrogens with zero attached hydrogens (tertiary/aromatic N) is 1. The van der Waals surface area contributed by atoms with Crippen molar-refractivity contribution in [3.63, 3.8) is 0 Å². The largest absolute Gasteiger partial charge is 0.312 e. The van der Waals surface area contributed by atoms with E-state index in [1.165, 1.54) is 5.56 Å². The monoisotopic (exact) mass is 272 g/mol. The third-order valence-corrected chi connectivity index (χ3v) is 3.78. The summed E-state index contributed by atoms with van der Waals surface area (Å²) in [6.07, 6.45) is 5.78. The van der Waals surface area contributed by atoms with Crippen molar-refractivity contribution in [1.82, 2.24) is 5.32 Å². The van der Waals surface area contributed by atoms with Crippen LogP contribution in [0.25, 0.3) is 0 Å². The van der Waals surface area contributed by atoms with Gasteiger partial charge in [0, 0.05) is 31.2 Å². The molecule has 1 fully saturated rings. The molecule has 0 saturated carbocycles. The molecule has 1 N–H and O–H groups in total. The van der Waals surface area contributed by atoms with Crippen molar-refractivity contribution in [2.45, 2.75) is 45.2 Å². The van der Waals surface area contributed by atoms with E-state index in [0.29, 0.717) is 12.5 Å². The second-order valence-corrected chi connectivity index (χ2v) is 5.46. The first-order chi connectivity index (χ1) is 9.70. The van der Waals surface area contributed by atoms with Crippen molar-refractivity contribution in [3.05, 3.63) is 42.5 Å². The Hall–Kier alpha value is -1.61. The number of carbonyl (C=O) groups excluding carboxylic acids is 1. The van der Waals surface area contributed by atoms with E-state index in [0.717, 1.165) is 38.0 Å². The smallest absolute Gasteiger partial charge is 0.227 e. The minimum atomic E-state index is 0.244. The van der Waals surface area contributed by atoms with Crippen LogP contribution in [0.2, 0.25) is 0 Å². The zero-order valence-electron chi connectivity index (χ0n) is 12.3. The molecule has 0 spiro atoms. The number of hydrogen-bond donors (Lipinski definition) is 1. The van der Waals surface area contributed by atoms with Crippen LogP contribution in [-0.4, -0.2) is 18.5 Å². The van der Waals surface area contributed by atoms with Crippen LogP contribution in [0.5, 0.6) is 0 Å². The molecule has 0 bridgehead atoms. The molecule has 1 aromatic rings. The fourth-order valence-corrected chi connectivity index (χ4v) is 2.48. The third-order valence-electron chi connectivity index (χ3n) is 3.78. The van der Waals surface area contributed by atoms with Gasteiger partial charge in [-0.25, -0.2) is 0 Å². The number of hydrogen-bond acceptors (Lipinski definition) is 2. The minimum Gasteiger partial charge on any atom is -0.312 e. The van der Waals surface area contributed by atoms with Crippen molar-refractivity contribution in [2.75, 3.05) is 11.4 Å². The molecule has 1 heterocycles. The van der Waals surface area contributed by atoms with E-state index in [1.54, 1.807) is 0 Å². The van der Waals surface area contributed by atoms with Gasteiger partial charge in [0.1, 0.15) is 0 Å². The zero-order chi connectivity index (χ0) is 14.4. The molecular formula is C17H24N2O. The van der Waals surface area contributed by atoms with Gasteiger partial charge in [-0.1, -0.05) is 18.2 Å². The van der Waals surface area contributed by atoms with Crippen LogP contribution in [0.1, 0.15) is 38.2 Å². The van der Waals surface area contributed by atoms with Crippen LogP contribution in [0.4, 0.5) is 5.69 Å². The minimum absolute atomic E-state index is 0.244. The molecular weight excluding hydrogens is 248 g/mol. The van der Waals surface area contributed by atoms with Gasteiger partial charge in [-0.2, -0.15) is 0 Å². The normalized spacial score (nSPS) is 16.4. The molecule has 0 aliphatic carbocycles. The van der Waals surface area contributed by atoms with E-state index >= 15 is 0 Å². The second-order valence-electron chi connectivity index (χ2n) is 5.46. The zero-order valence-corrected chi connectivity index (χ0v) is 12.3. The lowest BCUT2D eigenvalue weighted by Crippen LogP contribution is -2.25. The van der Waals surface area contributed by atoms with Gasteiger partial charge in [0.05, 0.1) is 0 Å². The molecule has 1 aromatic carbocycles.